The number of benzene rings is 2. The third kappa shape index (κ3) is 3.57. The fraction of sp³-hybridized carbons (Fsp3) is 0.105. The van der Waals surface area contributed by atoms with Crippen molar-refractivity contribution in [3.8, 4) is 11.4 Å². The van der Waals surface area contributed by atoms with Crippen molar-refractivity contribution < 1.29 is 4.79 Å². The lowest BCUT2D eigenvalue weighted by Crippen LogP contribution is -2.14. The first-order chi connectivity index (χ1) is 11.6. The number of rotatable bonds is 4. The summed E-state index contributed by atoms with van der Waals surface area (Å²) >= 11 is 0. The second-order valence-corrected chi connectivity index (χ2v) is 5.56. The van der Waals surface area contributed by atoms with Crippen LogP contribution in [-0.4, -0.2) is 30.0 Å². The summed E-state index contributed by atoms with van der Waals surface area (Å²) < 4.78 is 0. The van der Waals surface area contributed by atoms with Crippen LogP contribution < -0.4 is 10.2 Å². The Morgan fingerprint density at radius 3 is 2.33 bits per heavy atom. The van der Waals surface area contributed by atoms with Gasteiger partial charge in [0, 0.05) is 30.9 Å². The number of hydrogen-bond acceptors (Lipinski definition) is 4. The molecule has 0 spiro atoms. The van der Waals surface area contributed by atoms with E-state index in [9.17, 15) is 4.79 Å². The molecule has 0 saturated carbocycles. The summed E-state index contributed by atoms with van der Waals surface area (Å²) in [6.07, 6.45) is 3.23. The van der Waals surface area contributed by atoms with E-state index in [0.717, 1.165) is 11.3 Å². The lowest BCUT2D eigenvalue weighted by molar-refractivity contribution is 0.102. The van der Waals surface area contributed by atoms with Gasteiger partial charge in [-0.3, -0.25) is 4.79 Å². The van der Waals surface area contributed by atoms with Crippen LogP contribution in [0.5, 0.6) is 0 Å². The molecule has 3 aromatic rings. The molecule has 3 rings (SSSR count). The van der Waals surface area contributed by atoms with Gasteiger partial charge in [0.2, 0.25) is 0 Å². The molecule has 0 radical (unpaired) electrons. The van der Waals surface area contributed by atoms with E-state index < -0.39 is 0 Å². The highest BCUT2D eigenvalue weighted by atomic mass is 16.1. The average Bonchev–Trinajstić information content (AvgIpc) is 2.63. The standard InChI is InChI=1S/C19H18N4O/c1-23(2)17-10-6-9-15(11-17)19(24)22-16-12-20-18(21-13-16)14-7-4-3-5-8-14/h3-13H,1-2H3,(H,22,24). The SMILES string of the molecule is CN(C)c1cccc(C(=O)Nc2cnc(-c3ccccc3)nc2)c1. The third-order valence-corrected chi connectivity index (χ3v) is 3.57. The van der Waals surface area contributed by atoms with Gasteiger partial charge in [-0.2, -0.15) is 0 Å². The minimum atomic E-state index is -0.185. The van der Waals surface area contributed by atoms with E-state index in [2.05, 4.69) is 15.3 Å². The monoisotopic (exact) mass is 318 g/mol. The van der Waals surface area contributed by atoms with E-state index in [1.807, 2.05) is 67.5 Å². The fourth-order valence-electron chi connectivity index (χ4n) is 2.26. The topological polar surface area (TPSA) is 58.1 Å². The van der Waals surface area contributed by atoms with Crippen LogP contribution in [-0.2, 0) is 0 Å². The maximum Gasteiger partial charge on any atom is 0.255 e. The van der Waals surface area contributed by atoms with Crippen LogP contribution in [0.4, 0.5) is 11.4 Å². The van der Waals surface area contributed by atoms with Crippen LogP contribution in [0.25, 0.3) is 11.4 Å². The Kier molecular flexibility index (Phi) is 4.52. The number of carbonyl (C=O) groups is 1. The zero-order valence-electron chi connectivity index (χ0n) is 13.6. The number of hydrogen-bond donors (Lipinski definition) is 1. The highest BCUT2D eigenvalue weighted by molar-refractivity contribution is 6.04. The molecule has 1 aromatic heterocycles. The number of amides is 1. The van der Waals surface area contributed by atoms with Gasteiger partial charge in [-0.05, 0) is 18.2 Å². The van der Waals surface area contributed by atoms with E-state index >= 15 is 0 Å². The molecule has 0 bridgehead atoms. The molecule has 0 aliphatic carbocycles. The molecule has 120 valence electrons. The molecule has 0 atom stereocenters. The first-order valence-electron chi connectivity index (χ1n) is 7.60. The van der Waals surface area contributed by atoms with Crippen LogP contribution in [0, 0.1) is 0 Å². The Morgan fingerprint density at radius 1 is 0.958 bits per heavy atom. The van der Waals surface area contributed by atoms with Crippen molar-refractivity contribution in [1.82, 2.24) is 9.97 Å². The Bertz CT molecular complexity index is 830. The van der Waals surface area contributed by atoms with Gasteiger partial charge in [0.05, 0.1) is 18.1 Å². The summed E-state index contributed by atoms with van der Waals surface area (Å²) in [6.45, 7) is 0. The summed E-state index contributed by atoms with van der Waals surface area (Å²) in [7, 11) is 3.88. The quantitative estimate of drug-likeness (QED) is 0.800. The molecule has 0 unspecified atom stereocenters. The normalized spacial score (nSPS) is 10.2. The van der Waals surface area contributed by atoms with Crippen molar-refractivity contribution in [2.45, 2.75) is 0 Å². The second-order valence-electron chi connectivity index (χ2n) is 5.56. The zero-order chi connectivity index (χ0) is 16.9. The lowest BCUT2D eigenvalue weighted by Gasteiger charge is -2.13. The lowest BCUT2D eigenvalue weighted by atomic mass is 10.2. The molecule has 5 heteroatoms. The average molecular weight is 318 g/mol. The zero-order valence-corrected chi connectivity index (χ0v) is 13.6. The number of anilines is 2. The van der Waals surface area contributed by atoms with Crippen molar-refractivity contribution >= 4 is 17.3 Å². The molecule has 24 heavy (non-hydrogen) atoms. The summed E-state index contributed by atoms with van der Waals surface area (Å²) in [5.41, 5.74) is 3.07. The van der Waals surface area contributed by atoms with E-state index in [-0.39, 0.29) is 5.91 Å². The number of aromatic nitrogens is 2. The van der Waals surface area contributed by atoms with Crippen LogP contribution in [0.1, 0.15) is 10.4 Å². The maximum atomic E-state index is 12.4. The molecule has 2 aromatic carbocycles. The Morgan fingerprint density at radius 2 is 1.67 bits per heavy atom. The largest absolute Gasteiger partial charge is 0.378 e. The van der Waals surface area contributed by atoms with Gasteiger partial charge in [0.15, 0.2) is 5.82 Å². The van der Waals surface area contributed by atoms with Crippen LogP contribution in [0.2, 0.25) is 0 Å². The van der Waals surface area contributed by atoms with Crippen molar-refractivity contribution in [2.75, 3.05) is 24.3 Å². The predicted octanol–water partition coefficient (Wildman–Crippen LogP) is 3.46. The molecule has 5 nitrogen and oxygen atoms in total. The van der Waals surface area contributed by atoms with Crippen molar-refractivity contribution in [3.05, 3.63) is 72.6 Å². The first kappa shape index (κ1) is 15.7. The highest BCUT2D eigenvalue weighted by Crippen LogP contribution is 2.17. The van der Waals surface area contributed by atoms with E-state index in [4.69, 9.17) is 0 Å². The third-order valence-electron chi connectivity index (χ3n) is 3.57. The fourth-order valence-corrected chi connectivity index (χ4v) is 2.26. The molecule has 0 saturated heterocycles. The summed E-state index contributed by atoms with van der Waals surface area (Å²) in [5, 5.41) is 2.82. The Hall–Kier alpha value is -3.21. The molecular formula is C19H18N4O. The number of carbonyl (C=O) groups excluding carboxylic acids is 1. The van der Waals surface area contributed by atoms with E-state index in [1.54, 1.807) is 18.5 Å². The predicted molar refractivity (Wildman–Crippen MR) is 96.2 cm³/mol. The summed E-state index contributed by atoms with van der Waals surface area (Å²) in [4.78, 5) is 22.9. The molecule has 0 aliphatic heterocycles. The van der Waals surface area contributed by atoms with Gasteiger partial charge < -0.3 is 10.2 Å². The van der Waals surface area contributed by atoms with Gasteiger partial charge in [-0.1, -0.05) is 36.4 Å². The molecular weight excluding hydrogens is 300 g/mol. The summed E-state index contributed by atoms with van der Waals surface area (Å²) in [6, 6.07) is 17.1. The van der Waals surface area contributed by atoms with Gasteiger partial charge in [-0.15, -0.1) is 0 Å². The van der Waals surface area contributed by atoms with Crippen molar-refractivity contribution in [1.29, 1.82) is 0 Å². The highest BCUT2D eigenvalue weighted by Gasteiger charge is 2.08. The van der Waals surface area contributed by atoms with E-state index in [0.29, 0.717) is 17.1 Å². The van der Waals surface area contributed by atoms with Crippen LogP contribution in [0.3, 0.4) is 0 Å². The summed E-state index contributed by atoms with van der Waals surface area (Å²) in [5.74, 6) is 0.443. The van der Waals surface area contributed by atoms with E-state index in [1.165, 1.54) is 0 Å². The van der Waals surface area contributed by atoms with Crippen LogP contribution in [0.15, 0.2) is 67.0 Å². The Balaban J connectivity index is 1.74. The smallest absolute Gasteiger partial charge is 0.255 e. The van der Waals surface area contributed by atoms with Crippen molar-refractivity contribution in [2.24, 2.45) is 0 Å². The minimum Gasteiger partial charge on any atom is -0.378 e. The minimum absolute atomic E-state index is 0.185. The van der Waals surface area contributed by atoms with Gasteiger partial charge in [0.25, 0.3) is 5.91 Å². The second kappa shape index (κ2) is 6.91. The molecule has 1 N–H and O–H groups in total. The molecule has 0 fully saturated rings. The number of nitrogens with zero attached hydrogens (tertiary/aromatic N) is 3. The Labute approximate surface area is 141 Å². The maximum absolute atomic E-state index is 12.4. The van der Waals surface area contributed by atoms with Gasteiger partial charge in [0.1, 0.15) is 0 Å². The van der Waals surface area contributed by atoms with Gasteiger partial charge >= 0.3 is 0 Å². The van der Waals surface area contributed by atoms with Crippen molar-refractivity contribution in [3.63, 3.8) is 0 Å². The molecule has 1 amide bonds. The van der Waals surface area contributed by atoms with Gasteiger partial charge in [-0.25, -0.2) is 9.97 Å². The molecule has 1 heterocycles. The van der Waals surface area contributed by atoms with Crippen LogP contribution >= 0.6 is 0 Å². The first-order valence-corrected chi connectivity index (χ1v) is 7.60. The number of nitrogens with one attached hydrogen (secondary N) is 1. The molecule has 0 aliphatic rings.